The Balaban J connectivity index is 2.24. The quantitative estimate of drug-likeness (QED) is 0.582. The molecule has 1 amide bonds. The Hall–Kier alpha value is -1.09. The van der Waals surface area contributed by atoms with Crippen LogP contribution in [0, 0.1) is 5.92 Å². The zero-order valence-electron chi connectivity index (χ0n) is 6.73. The van der Waals surface area contributed by atoms with Crippen molar-refractivity contribution in [1.29, 1.82) is 0 Å². The summed E-state index contributed by atoms with van der Waals surface area (Å²) in [7, 11) is 0. The number of aliphatic hydroxyl groups is 1. The monoisotopic (exact) mass is 165 g/mol. The number of carbonyl (C=O) groups is 1. The first-order valence-corrected chi connectivity index (χ1v) is 4.04. The van der Waals surface area contributed by atoms with Crippen molar-refractivity contribution in [3.05, 3.63) is 24.3 Å². The number of β-amino-alcohol motifs (C(OH)–C–C–N with tert-alkyl or cyclic N) is 1. The van der Waals surface area contributed by atoms with Gasteiger partial charge in [0.2, 0.25) is 5.91 Å². The van der Waals surface area contributed by atoms with Crippen molar-refractivity contribution in [3.63, 3.8) is 0 Å². The molecule has 1 fully saturated rings. The van der Waals surface area contributed by atoms with Crippen LogP contribution in [0.1, 0.15) is 0 Å². The highest BCUT2D eigenvalue weighted by Crippen LogP contribution is 2.36. The minimum absolute atomic E-state index is 0.0239. The molecule has 0 aromatic heterocycles. The van der Waals surface area contributed by atoms with Crippen LogP contribution < -0.4 is 0 Å². The molecule has 1 N–H and O–H groups in total. The van der Waals surface area contributed by atoms with Gasteiger partial charge in [0.1, 0.15) is 0 Å². The normalized spacial score (nSPS) is 32.2. The molecule has 0 radical (unpaired) electrons. The van der Waals surface area contributed by atoms with E-state index >= 15 is 0 Å². The van der Waals surface area contributed by atoms with E-state index in [0.29, 0.717) is 6.54 Å². The number of rotatable bonds is 2. The van der Waals surface area contributed by atoms with Gasteiger partial charge in [-0.2, -0.15) is 0 Å². The summed E-state index contributed by atoms with van der Waals surface area (Å²) in [4.78, 5) is 13.1. The smallest absolute Gasteiger partial charge is 0.234 e. The van der Waals surface area contributed by atoms with E-state index in [1.165, 1.54) is 0 Å². The van der Waals surface area contributed by atoms with Crippen molar-refractivity contribution in [2.75, 3.05) is 13.2 Å². The first-order valence-electron chi connectivity index (χ1n) is 4.04. The molecule has 1 aliphatic heterocycles. The molecule has 1 saturated heterocycles. The molecule has 0 saturated carbocycles. The topological polar surface area (TPSA) is 40.5 Å². The Morgan fingerprint density at radius 2 is 2.33 bits per heavy atom. The number of carbonyl (C=O) groups excluding carboxylic acids is 1. The SMILES string of the molecule is C=C1C2C=C[C@H]1C(=O)N2CCO. The number of nitrogens with zero attached hydrogens (tertiary/aromatic N) is 1. The minimum Gasteiger partial charge on any atom is -0.395 e. The van der Waals surface area contributed by atoms with E-state index < -0.39 is 0 Å². The fourth-order valence-electron chi connectivity index (χ4n) is 1.87. The molecule has 64 valence electrons. The molecule has 2 aliphatic rings. The van der Waals surface area contributed by atoms with Gasteiger partial charge in [-0.15, -0.1) is 0 Å². The number of hydrogen-bond acceptors (Lipinski definition) is 2. The van der Waals surface area contributed by atoms with Crippen molar-refractivity contribution in [1.82, 2.24) is 4.90 Å². The van der Waals surface area contributed by atoms with Crippen LogP contribution in [0.3, 0.4) is 0 Å². The summed E-state index contributed by atoms with van der Waals surface area (Å²) < 4.78 is 0. The lowest BCUT2D eigenvalue weighted by molar-refractivity contribution is -0.131. The molecule has 0 aromatic carbocycles. The molecule has 2 bridgehead atoms. The van der Waals surface area contributed by atoms with E-state index in [0.717, 1.165) is 5.57 Å². The molecular formula is C9H11NO2. The summed E-state index contributed by atoms with van der Waals surface area (Å²) in [5.41, 5.74) is 0.952. The van der Waals surface area contributed by atoms with E-state index in [4.69, 9.17) is 5.11 Å². The molecule has 0 spiro atoms. The van der Waals surface area contributed by atoms with Gasteiger partial charge in [-0.25, -0.2) is 0 Å². The molecule has 1 aliphatic carbocycles. The van der Waals surface area contributed by atoms with Gasteiger partial charge in [0.15, 0.2) is 0 Å². The van der Waals surface area contributed by atoms with Crippen LogP contribution in [0.15, 0.2) is 24.3 Å². The number of aliphatic hydroxyl groups excluding tert-OH is 1. The van der Waals surface area contributed by atoms with E-state index in [2.05, 4.69) is 6.58 Å². The molecule has 1 unspecified atom stereocenters. The first kappa shape index (κ1) is 7.55. The number of amides is 1. The maximum atomic E-state index is 11.5. The average molecular weight is 165 g/mol. The van der Waals surface area contributed by atoms with E-state index in [1.807, 2.05) is 12.2 Å². The number of fused-ring (bicyclic) bond motifs is 2. The van der Waals surface area contributed by atoms with E-state index in [-0.39, 0.29) is 24.5 Å². The Morgan fingerprint density at radius 1 is 1.58 bits per heavy atom. The van der Waals surface area contributed by atoms with Gasteiger partial charge in [-0.3, -0.25) is 4.79 Å². The maximum absolute atomic E-state index is 11.5. The molecule has 2 rings (SSSR count). The molecular weight excluding hydrogens is 154 g/mol. The Labute approximate surface area is 71.0 Å². The van der Waals surface area contributed by atoms with Crippen LogP contribution in [0.5, 0.6) is 0 Å². The van der Waals surface area contributed by atoms with Crippen LogP contribution >= 0.6 is 0 Å². The Bertz CT molecular complexity index is 270. The third-order valence-electron chi connectivity index (χ3n) is 2.49. The van der Waals surface area contributed by atoms with Crippen molar-refractivity contribution < 1.29 is 9.90 Å². The molecule has 3 heteroatoms. The largest absolute Gasteiger partial charge is 0.395 e. The van der Waals surface area contributed by atoms with Gasteiger partial charge in [-0.05, 0) is 5.57 Å². The average Bonchev–Trinajstić information content (AvgIpc) is 2.50. The third kappa shape index (κ3) is 0.770. The lowest BCUT2D eigenvalue weighted by atomic mass is 10.1. The second-order valence-corrected chi connectivity index (χ2v) is 3.14. The lowest BCUT2D eigenvalue weighted by Gasteiger charge is -2.22. The zero-order valence-corrected chi connectivity index (χ0v) is 6.73. The van der Waals surface area contributed by atoms with Crippen molar-refractivity contribution in [2.24, 2.45) is 5.92 Å². The van der Waals surface area contributed by atoms with E-state index in [1.54, 1.807) is 4.90 Å². The highest BCUT2D eigenvalue weighted by atomic mass is 16.3. The Kier molecular flexibility index (Phi) is 1.54. The molecule has 0 aromatic rings. The highest BCUT2D eigenvalue weighted by Gasteiger charge is 2.43. The van der Waals surface area contributed by atoms with Crippen LogP contribution in [-0.4, -0.2) is 35.1 Å². The number of hydrogen-bond donors (Lipinski definition) is 1. The Morgan fingerprint density at radius 3 is 2.83 bits per heavy atom. The predicted octanol–water partition coefficient (Wildman–Crippen LogP) is -0.0683. The summed E-state index contributed by atoms with van der Waals surface area (Å²) in [5.74, 6) is -0.0249. The third-order valence-corrected chi connectivity index (χ3v) is 2.49. The summed E-state index contributed by atoms with van der Waals surface area (Å²) in [6, 6.07) is 0.0506. The molecule has 1 heterocycles. The van der Waals surface area contributed by atoms with Crippen molar-refractivity contribution >= 4 is 5.91 Å². The van der Waals surface area contributed by atoms with Crippen molar-refractivity contribution in [3.8, 4) is 0 Å². The number of likely N-dealkylation sites (tertiary alicyclic amines) is 1. The summed E-state index contributed by atoms with van der Waals surface area (Å²) in [6.07, 6.45) is 3.87. The van der Waals surface area contributed by atoms with Gasteiger partial charge >= 0.3 is 0 Å². The predicted molar refractivity (Wildman–Crippen MR) is 44.4 cm³/mol. The van der Waals surface area contributed by atoms with Crippen LogP contribution in [0.25, 0.3) is 0 Å². The van der Waals surface area contributed by atoms with Crippen LogP contribution in [-0.2, 0) is 4.79 Å². The highest BCUT2D eigenvalue weighted by molar-refractivity contribution is 5.90. The summed E-state index contributed by atoms with van der Waals surface area (Å²) >= 11 is 0. The van der Waals surface area contributed by atoms with Crippen LogP contribution in [0.2, 0.25) is 0 Å². The van der Waals surface area contributed by atoms with Crippen LogP contribution in [0.4, 0.5) is 0 Å². The molecule has 2 atom stereocenters. The maximum Gasteiger partial charge on any atom is 0.234 e. The first-order chi connectivity index (χ1) is 5.75. The van der Waals surface area contributed by atoms with Gasteiger partial charge in [-0.1, -0.05) is 18.7 Å². The second kappa shape index (κ2) is 2.45. The minimum atomic E-state index is -0.110. The fourth-order valence-corrected chi connectivity index (χ4v) is 1.87. The second-order valence-electron chi connectivity index (χ2n) is 3.14. The van der Waals surface area contributed by atoms with Crippen molar-refractivity contribution in [2.45, 2.75) is 6.04 Å². The van der Waals surface area contributed by atoms with Gasteiger partial charge in [0, 0.05) is 6.54 Å². The molecule has 3 nitrogen and oxygen atoms in total. The van der Waals surface area contributed by atoms with Gasteiger partial charge in [0.05, 0.1) is 18.6 Å². The summed E-state index contributed by atoms with van der Waals surface area (Å²) in [6.45, 7) is 4.30. The van der Waals surface area contributed by atoms with Gasteiger partial charge < -0.3 is 10.0 Å². The summed E-state index contributed by atoms with van der Waals surface area (Å²) in [5, 5.41) is 8.71. The lowest BCUT2D eigenvalue weighted by Crippen LogP contribution is -2.36. The van der Waals surface area contributed by atoms with E-state index in [9.17, 15) is 4.79 Å². The zero-order chi connectivity index (χ0) is 8.72. The fraction of sp³-hybridized carbons (Fsp3) is 0.444. The van der Waals surface area contributed by atoms with Gasteiger partial charge in [0.25, 0.3) is 0 Å². The standard InChI is InChI=1S/C9H11NO2/c1-6-7-2-3-8(6)10(4-5-11)9(7)12/h2-3,7-8,11H,1,4-5H2/t7-,8?/m1/s1. The molecule has 12 heavy (non-hydrogen) atoms.